The number of aromatic nitrogens is 3. The summed E-state index contributed by atoms with van der Waals surface area (Å²) in [5, 5.41) is 7.66. The molecule has 0 aliphatic heterocycles. The van der Waals surface area contributed by atoms with Crippen molar-refractivity contribution in [1.29, 1.82) is 0 Å². The molecule has 0 aliphatic rings. The van der Waals surface area contributed by atoms with Gasteiger partial charge in [-0.2, -0.15) is 5.10 Å². The van der Waals surface area contributed by atoms with Gasteiger partial charge in [0, 0.05) is 17.3 Å². The minimum Gasteiger partial charge on any atom is -0.452 e. The predicted molar refractivity (Wildman–Crippen MR) is 90.8 cm³/mol. The summed E-state index contributed by atoms with van der Waals surface area (Å²) in [6.45, 7) is 11.1. The van der Waals surface area contributed by atoms with Gasteiger partial charge < -0.3 is 10.1 Å². The van der Waals surface area contributed by atoms with E-state index >= 15 is 0 Å². The molecule has 2 rings (SSSR count). The van der Waals surface area contributed by atoms with Crippen molar-refractivity contribution in [2.24, 2.45) is 0 Å². The smallest absolute Gasteiger partial charge is 0.339 e. The van der Waals surface area contributed by atoms with Crippen molar-refractivity contribution in [3.05, 3.63) is 23.5 Å². The van der Waals surface area contributed by atoms with Crippen LogP contribution in [0.25, 0.3) is 11.0 Å². The minimum absolute atomic E-state index is 0.123. The molecule has 1 N–H and O–H groups in total. The summed E-state index contributed by atoms with van der Waals surface area (Å²) in [5.41, 5.74) is 1.32. The minimum atomic E-state index is -0.558. The van der Waals surface area contributed by atoms with Crippen LogP contribution in [0.2, 0.25) is 0 Å². The summed E-state index contributed by atoms with van der Waals surface area (Å²) < 4.78 is 6.91. The first kappa shape index (κ1) is 17.9. The van der Waals surface area contributed by atoms with Gasteiger partial charge in [0.2, 0.25) is 0 Å². The lowest BCUT2D eigenvalue weighted by molar-refractivity contribution is -0.125. The summed E-state index contributed by atoms with van der Waals surface area (Å²) in [7, 11) is 0. The van der Waals surface area contributed by atoms with E-state index in [9.17, 15) is 9.59 Å². The first-order valence-corrected chi connectivity index (χ1v) is 7.91. The van der Waals surface area contributed by atoms with E-state index in [0.29, 0.717) is 22.3 Å². The summed E-state index contributed by atoms with van der Waals surface area (Å²) >= 11 is 0. The highest BCUT2D eigenvalue weighted by Crippen LogP contribution is 2.21. The topological polar surface area (TPSA) is 86.1 Å². The Kier molecular flexibility index (Phi) is 4.91. The van der Waals surface area contributed by atoms with Crippen molar-refractivity contribution in [2.75, 3.05) is 6.61 Å². The molecule has 0 unspecified atom stereocenters. The fourth-order valence-electron chi connectivity index (χ4n) is 2.35. The SMILES string of the molecule is Cc1cc(C(=O)OCC(=O)NC(C)(C)C)c2cnn(C(C)C)c2n1. The average Bonchev–Trinajstić information content (AvgIpc) is 2.85. The molecule has 0 atom stereocenters. The van der Waals surface area contributed by atoms with Gasteiger partial charge in [0.15, 0.2) is 12.3 Å². The number of hydrogen-bond donors (Lipinski definition) is 1. The molecule has 24 heavy (non-hydrogen) atoms. The van der Waals surface area contributed by atoms with Gasteiger partial charge in [-0.3, -0.25) is 4.79 Å². The lowest BCUT2D eigenvalue weighted by Crippen LogP contribution is -2.42. The lowest BCUT2D eigenvalue weighted by atomic mass is 10.1. The molecule has 0 radical (unpaired) electrons. The van der Waals surface area contributed by atoms with Crippen LogP contribution >= 0.6 is 0 Å². The third-order valence-electron chi connectivity index (χ3n) is 3.25. The molecule has 130 valence electrons. The van der Waals surface area contributed by atoms with E-state index in [1.807, 2.05) is 34.6 Å². The molecule has 1 amide bonds. The number of carbonyl (C=O) groups is 2. The highest BCUT2D eigenvalue weighted by molar-refractivity contribution is 6.03. The third-order valence-corrected chi connectivity index (χ3v) is 3.25. The van der Waals surface area contributed by atoms with Crippen molar-refractivity contribution in [2.45, 2.75) is 53.1 Å². The van der Waals surface area contributed by atoms with Crippen LogP contribution < -0.4 is 5.32 Å². The van der Waals surface area contributed by atoms with E-state index in [4.69, 9.17) is 4.74 Å². The van der Waals surface area contributed by atoms with Gasteiger partial charge in [0.05, 0.1) is 17.1 Å². The zero-order valence-corrected chi connectivity index (χ0v) is 15.0. The van der Waals surface area contributed by atoms with Crippen molar-refractivity contribution in [3.8, 4) is 0 Å². The Bertz CT molecular complexity index is 772. The standard InChI is InChI=1S/C17H24N4O3/c1-10(2)21-15-13(8-18-21)12(7-11(3)19-15)16(23)24-9-14(22)20-17(4,5)6/h7-8,10H,9H2,1-6H3,(H,20,22). The van der Waals surface area contributed by atoms with Crippen molar-refractivity contribution in [3.63, 3.8) is 0 Å². The monoisotopic (exact) mass is 332 g/mol. The number of nitrogens with zero attached hydrogens (tertiary/aromatic N) is 3. The van der Waals surface area contributed by atoms with E-state index in [2.05, 4.69) is 15.4 Å². The number of pyridine rings is 1. The van der Waals surface area contributed by atoms with Gasteiger partial charge in [-0.05, 0) is 47.6 Å². The van der Waals surface area contributed by atoms with E-state index in [1.165, 1.54) is 0 Å². The zero-order valence-electron chi connectivity index (χ0n) is 15.0. The molecule has 0 saturated carbocycles. The Morgan fingerprint density at radius 3 is 2.58 bits per heavy atom. The lowest BCUT2D eigenvalue weighted by Gasteiger charge is -2.20. The maximum absolute atomic E-state index is 12.4. The highest BCUT2D eigenvalue weighted by Gasteiger charge is 2.20. The highest BCUT2D eigenvalue weighted by atomic mass is 16.5. The van der Waals surface area contributed by atoms with Gasteiger partial charge in [0.25, 0.3) is 5.91 Å². The van der Waals surface area contributed by atoms with Crippen LogP contribution in [-0.2, 0) is 9.53 Å². The maximum Gasteiger partial charge on any atom is 0.339 e. The van der Waals surface area contributed by atoms with Crippen LogP contribution in [0.1, 0.15) is 56.7 Å². The quantitative estimate of drug-likeness (QED) is 0.869. The number of carbonyl (C=O) groups excluding carboxylic acids is 2. The van der Waals surface area contributed by atoms with Crippen LogP contribution in [0.4, 0.5) is 0 Å². The Balaban J connectivity index is 2.22. The molecule has 0 bridgehead atoms. The first-order valence-electron chi connectivity index (χ1n) is 7.91. The molecule has 0 aromatic carbocycles. The maximum atomic E-state index is 12.4. The normalized spacial score (nSPS) is 11.8. The second-order valence-electron chi connectivity index (χ2n) is 7.11. The largest absolute Gasteiger partial charge is 0.452 e. The van der Waals surface area contributed by atoms with E-state index in [1.54, 1.807) is 23.9 Å². The molecular formula is C17H24N4O3. The van der Waals surface area contributed by atoms with Gasteiger partial charge in [-0.25, -0.2) is 14.5 Å². The van der Waals surface area contributed by atoms with Gasteiger partial charge in [0.1, 0.15) is 0 Å². The molecular weight excluding hydrogens is 308 g/mol. The molecule has 2 heterocycles. The van der Waals surface area contributed by atoms with E-state index in [0.717, 1.165) is 0 Å². The fraction of sp³-hybridized carbons (Fsp3) is 0.529. The Morgan fingerprint density at radius 2 is 2.00 bits per heavy atom. The Labute approximate surface area is 141 Å². The molecule has 2 aromatic rings. The van der Waals surface area contributed by atoms with Crippen LogP contribution in [0.5, 0.6) is 0 Å². The summed E-state index contributed by atoms with van der Waals surface area (Å²) in [6, 6.07) is 1.77. The summed E-state index contributed by atoms with van der Waals surface area (Å²) in [4.78, 5) is 28.7. The van der Waals surface area contributed by atoms with Gasteiger partial charge >= 0.3 is 5.97 Å². The van der Waals surface area contributed by atoms with Crippen molar-refractivity contribution < 1.29 is 14.3 Å². The van der Waals surface area contributed by atoms with Crippen molar-refractivity contribution in [1.82, 2.24) is 20.1 Å². The van der Waals surface area contributed by atoms with Crippen molar-refractivity contribution >= 4 is 22.9 Å². The average molecular weight is 332 g/mol. The van der Waals surface area contributed by atoms with Crippen LogP contribution in [0.3, 0.4) is 0 Å². The molecule has 7 nitrogen and oxygen atoms in total. The summed E-state index contributed by atoms with van der Waals surface area (Å²) in [6.07, 6.45) is 1.60. The second kappa shape index (κ2) is 6.59. The van der Waals surface area contributed by atoms with Crippen LogP contribution in [0, 0.1) is 6.92 Å². The second-order valence-corrected chi connectivity index (χ2v) is 7.11. The third kappa shape index (κ3) is 4.10. The van der Waals surface area contributed by atoms with Crippen LogP contribution in [0.15, 0.2) is 12.3 Å². The Hall–Kier alpha value is -2.44. The number of rotatable bonds is 4. The number of esters is 1. The number of nitrogens with one attached hydrogen (secondary N) is 1. The number of ether oxygens (including phenoxy) is 1. The first-order chi connectivity index (χ1) is 11.1. The van der Waals surface area contributed by atoms with Gasteiger partial charge in [-0.15, -0.1) is 0 Å². The summed E-state index contributed by atoms with van der Waals surface area (Å²) in [5.74, 6) is -0.895. The van der Waals surface area contributed by atoms with Crippen LogP contribution in [-0.4, -0.2) is 38.8 Å². The van der Waals surface area contributed by atoms with E-state index in [-0.39, 0.29) is 24.1 Å². The number of hydrogen-bond acceptors (Lipinski definition) is 5. The molecule has 0 fully saturated rings. The molecule has 0 aliphatic carbocycles. The molecule has 7 heteroatoms. The Morgan fingerprint density at radius 1 is 1.33 bits per heavy atom. The zero-order chi connectivity index (χ0) is 18.1. The van der Waals surface area contributed by atoms with E-state index < -0.39 is 5.97 Å². The fourth-order valence-corrected chi connectivity index (χ4v) is 2.35. The molecule has 0 saturated heterocycles. The number of fused-ring (bicyclic) bond motifs is 1. The number of amides is 1. The molecule has 2 aromatic heterocycles. The molecule has 0 spiro atoms. The predicted octanol–water partition coefficient (Wildman–Crippen LogP) is 2.39. The number of aryl methyl sites for hydroxylation is 1. The van der Waals surface area contributed by atoms with Gasteiger partial charge in [-0.1, -0.05) is 0 Å².